The van der Waals surface area contributed by atoms with Gasteiger partial charge in [0.1, 0.15) is 11.5 Å². The zero-order valence-corrected chi connectivity index (χ0v) is 13.0. The molecule has 0 saturated heterocycles. The van der Waals surface area contributed by atoms with Gasteiger partial charge in [0.25, 0.3) is 0 Å². The van der Waals surface area contributed by atoms with Crippen LogP contribution in [0.15, 0.2) is 60.9 Å². The topological polar surface area (TPSA) is 51.3 Å². The van der Waals surface area contributed by atoms with E-state index in [0.29, 0.717) is 16.9 Å². The van der Waals surface area contributed by atoms with Crippen molar-refractivity contribution < 1.29 is 14.3 Å². The maximum atomic E-state index is 12.8. The van der Waals surface area contributed by atoms with Gasteiger partial charge in [0, 0.05) is 29.1 Å². The largest absolute Gasteiger partial charge is 0.497 e. The number of hydrogen-bond acceptors (Lipinski definition) is 3. The van der Waals surface area contributed by atoms with Gasteiger partial charge >= 0.3 is 0 Å². The number of methoxy groups -OCH3 is 2. The van der Waals surface area contributed by atoms with E-state index in [0.717, 1.165) is 16.9 Å². The Morgan fingerprint density at radius 3 is 2.35 bits per heavy atom. The second-order valence-corrected chi connectivity index (χ2v) is 5.08. The molecule has 116 valence electrons. The van der Waals surface area contributed by atoms with Crippen molar-refractivity contribution in [3.63, 3.8) is 0 Å². The van der Waals surface area contributed by atoms with Gasteiger partial charge in [-0.15, -0.1) is 0 Å². The van der Waals surface area contributed by atoms with E-state index in [1.807, 2.05) is 42.6 Å². The average Bonchev–Trinajstić information content (AvgIpc) is 3.11. The predicted octanol–water partition coefficient (Wildman–Crippen LogP) is 3.93. The van der Waals surface area contributed by atoms with Gasteiger partial charge in [0.2, 0.25) is 0 Å². The molecule has 0 radical (unpaired) electrons. The molecule has 0 bridgehead atoms. The molecule has 2 aromatic carbocycles. The van der Waals surface area contributed by atoms with Crippen molar-refractivity contribution in [2.45, 2.75) is 0 Å². The lowest BCUT2D eigenvalue weighted by Crippen LogP contribution is -2.02. The highest BCUT2D eigenvalue weighted by Crippen LogP contribution is 2.29. The van der Waals surface area contributed by atoms with Gasteiger partial charge in [-0.05, 0) is 29.8 Å². The Bertz CT molecular complexity index is 836. The molecule has 0 unspecified atom stereocenters. The molecule has 3 rings (SSSR count). The molecule has 3 aromatic rings. The van der Waals surface area contributed by atoms with E-state index in [4.69, 9.17) is 9.47 Å². The van der Waals surface area contributed by atoms with Crippen LogP contribution in [0.25, 0.3) is 11.1 Å². The first-order valence-corrected chi connectivity index (χ1v) is 7.23. The lowest BCUT2D eigenvalue weighted by molar-refractivity contribution is 0.103. The number of rotatable bonds is 5. The van der Waals surface area contributed by atoms with Crippen molar-refractivity contribution in [3.8, 4) is 22.6 Å². The van der Waals surface area contributed by atoms with Crippen LogP contribution in [0.2, 0.25) is 0 Å². The maximum Gasteiger partial charge on any atom is 0.195 e. The second-order valence-electron chi connectivity index (χ2n) is 5.08. The minimum atomic E-state index is -0.0528. The van der Waals surface area contributed by atoms with Gasteiger partial charge < -0.3 is 14.5 Å². The van der Waals surface area contributed by atoms with Crippen LogP contribution in [0.5, 0.6) is 11.5 Å². The molecule has 0 amide bonds. The molecule has 0 atom stereocenters. The number of H-pyrrole nitrogens is 1. The normalized spacial score (nSPS) is 10.3. The van der Waals surface area contributed by atoms with Gasteiger partial charge in [0.15, 0.2) is 5.78 Å². The first kappa shape index (κ1) is 14.9. The molecule has 1 aromatic heterocycles. The molecule has 0 aliphatic carbocycles. The Morgan fingerprint density at radius 2 is 1.61 bits per heavy atom. The molecular formula is C19H17NO3. The van der Waals surface area contributed by atoms with Crippen LogP contribution in [0, 0.1) is 0 Å². The van der Waals surface area contributed by atoms with Crippen molar-refractivity contribution >= 4 is 5.78 Å². The standard InChI is InChI=1S/C19H17NO3/c1-22-15-7-3-5-13(9-15)17-11-20-12-18(17)19(21)14-6-4-8-16(10-14)23-2/h3-12,20H,1-2H3. The summed E-state index contributed by atoms with van der Waals surface area (Å²) < 4.78 is 10.4. The molecule has 1 N–H and O–H groups in total. The third-order valence-corrected chi connectivity index (χ3v) is 3.70. The summed E-state index contributed by atoms with van der Waals surface area (Å²) in [4.78, 5) is 15.8. The Balaban J connectivity index is 2.01. The van der Waals surface area contributed by atoms with Crippen LogP contribution in [0.3, 0.4) is 0 Å². The van der Waals surface area contributed by atoms with Gasteiger partial charge in [-0.3, -0.25) is 4.79 Å². The van der Waals surface area contributed by atoms with Crippen LogP contribution in [-0.2, 0) is 0 Å². The van der Waals surface area contributed by atoms with Crippen molar-refractivity contribution in [1.82, 2.24) is 4.98 Å². The molecule has 1 heterocycles. The summed E-state index contributed by atoms with van der Waals surface area (Å²) in [5.41, 5.74) is 2.98. The average molecular weight is 307 g/mol. The Morgan fingerprint density at radius 1 is 0.913 bits per heavy atom. The fraction of sp³-hybridized carbons (Fsp3) is 0.105. The highest BCUT2D eigenvalue weighted by Gasteiger charge is 2.16. The van der Waals surface area contributed by atoms with E-state index in [1.165, 1.54) is 0 Å². The van der Waals surface area contributed by atoms with Gasteiger partial charge in [-0.1, -0.05) is 24.3 Å². The fourth-order valence-electron chi connectivity index (χ4n) is 2.50. The zero-order valence-electron chi connectivity index (χ0n) is 13.0. The molecular weight excluding hydrogens is 290 g/mol. The number of ether oxygens (including phenoxy) is 2. The molecule has 0 aliphatic heterocycles. The van der Waals surface area contributed by atoms with E-state index in [2.05, 4.69) is 4.98 Å². The highest BCUT2D eigenvalue weighted by molar-refractivity contribution is 6.13. The first-order valence-electron chi connectivity index (χ1n) is 7.23. The fourth-order valence-corrected chi connectivity index (χ4v) is 2.50. The van der Waals surface area contributed by atoms with Crippen LogP contribution in [0.4, 0.5) is 0 Å². The third-order valence-electron chi connectivity index (χ3n) is 3.70. The van der Waals surface area contributed by atoms with Crippen molar-refractivity contribution in [2.24, 2.45) is 0 Å². The Hall–Kier alpha value is -3.01. The number of benzene rings is 2. The van der Waals surface area contributed by atoms with Crippen LogP contribution >= 0.6 is 0 Å². The summed E-state index contributed by atoms with van der Waals surface area (Å²) in [6.07, 6.45) is 3.54. The number of carbonyl (C=O) groups is 1. The smallest absolute Gasteiger partial charge is 0.195 e. The van der Waals surface area contributed by atoms with Gasteiger partial charge in [-0.2, -0.15) is 0 Å². The predicted molar refractivity (Wildman–Crippen MR) is 89.2 cm³/mol. The summed E-state index contributed by atoms with van der Waals surface area (Å²) in [5.74, 6) is 1.36. The van der Waals surface area contributed by atoms with Gasteiger partial charge in [-0.25, -0.2) is 0 Å². The summed E-state index contributed by atoms with van der Waals surface area (Å²) in [6.45, 7) is 0. The van der Waals surface area contributed by atoms with E-state index >= 15 is 0 Å². The number of ketones is 1. The van der Waals surface area contributed by atoms with Gasteiger partial charge in [0.05, 0.1) is 14.2 Å². The molecule has 0 saturated carbocycles. The minimum Gasteiger partial charge on any atom is -0.497 e. The number of aromatic amines is 1. The van der Waals surface area contributed by atoms with Crippen LogP contribution in [0.1, 0.15) is 15.9 Å². The maximum absolute atomic E-state index is 12.8. The van der Waals surface area contributed by atoms with E-state index in [1.54, 1.807) is 32.5 Å². The number of nitrogens with one attached hydrogen (secondary N) is 1. The Kier molecular flexibility index (Phi) is 4.15. The molecule has 23 heavy (non-hydrogen) atoms. The molecule has 0 aliphatic rings. The second kappa shape index (κ2) is 6.40. The zero-order chi connectivity index (χ0) is 16.2. The van der Waals surface area contributed by atoms with E-state index < -0.39 is 0 Å². The number of carbonyl (C=O) groups excluding carboxylic acids is 1. The molecule has 4 nitrogen and oxygen atoms in total. The number of hydrogen-bond donors (Lipinski definition) is 1. The SMILES string of the molecule is COc1cccc(C(=O)c2c[nH]cc2-c2cccc(OC)c2)c1. The lowest BCUT2D eigenvalue weighted by Gasteiger charge is -2.07. The Labute approximate surface area is 134 Å². The van der Waals surface area contributed by atoms with E-state index in [9.17, 15) is 4.79 Å². The first-order chi connectivity index (χ1) is 11.2. The quantitative estimate of drug-likeness (QED) is 0.727. The minimum absolute atomic E-state index is 0.0528. The molecule has 0 spiro atoms. The monoisotopic (exact) mass is 307 g/mol. The summed E-state index contributed by atoms with van der Waals surface area (Å²) in [7, 11) is 3.21. The van der Waals surface area contributed by atoms with E-state index in [-0.39, 0.29) is 5.78 Å². The molecule has 4 heteroatoms. The van der Waals surface area contributed by atoms with Crippen molar-refractivity contribution in [3.05, 3.63) is 72.1 Å². The van der Waals surface area contributed by atoms with Crippen molar-refractivity contribution in [1.29, 1.82) is 0 Å². The highest BCUT2D eigenvalue weighted by atomic mass is 16.5. The summed E-state index contributed by atoms with van der Waals surface area (Å²) in [5, 5.41) is 0. The molecule has 0 fully saturated rings. The van der Waals surface area contributed by atoms with Crippen molar-refractivity contribution in [2.75, 3.05) is 14.2 Å². The van der Waals surface area contributed by atoms with Crippen LogP contribution < -0.4 is 9.47 Å². The number of aromatic nitrogens is 1. The summed E-state index contributed by atoms with van der Waals surface area (Å²) >= 11 is 0. The van der Waals surface area contributed by atoms with Crippen LogP contribution in [-0.4, -0.2) is 25.0 Å². The summed E-state index contributed by atoms with van der Waals surface area (Å²) in [6, 6.07) is 14.8. The lowest BCUT2D eigenvalue weighted by atomic mass is 9.98. The third kappa shape index (κ3) is 2.97.